The molecule has 0 aromatic heterocycles. The first-order valence-corrected chi connectivity index (χ1v) is 6.43. The van der Waals surface area contributed by atoms with Crippen LogP contribution in [0.5, 0.6) is 11.5 Å². The number of rotatable bonds is 4. The molecule has 4 heteroatoms. The van der Waals surface area contributed by atoms with Crippen LogP contribution >= 0.6 is 0 Å². The number of carbonyl (C=O) groups excluding carboxylic acids is 1. The molecule has 3 N–H and O–H groups in total. The Morgan fingerprint density at radius 1 is 1.10 bits per heavy atom. The van der Waals surface area contributed by atoms with Crippen molar-refractivity contribution in [1.82, 2.24) is 0 Å². The van der Waals surface area contributed by atoms with Crippen LogP contribution in [-0.4, -0.2) is 12.5 Å². The van der Waals surface area contributed by atoms with E-state index in [0.29, 0.717) is 11.4 Å². The number of nitrogens with one attached hydrogen (secondary N) is 1. The molecule has 2 aromatic rings. The highest BCUT2D eigenvalue weighted by atomic mass is 16.5. The predicted molar refractivity (Wildman–Crippen MR) is 80.1 cm³/mol. The summed E-state index contributed by atoms with van der Waals surface area (Å²) in [6, 6.07) is 13.2. The van der Waals surface area contributed by atoms with Gasteiger partial charge in [-0.15, -0.1) is 0 Å². The Morgan fingerprint density at radius 2 is 1.85 bits per heavy atom. The minimum Gasteiger partial charge on any atom is -0.457 e. The second kappa shape index (κ2) is 6.21. The van der Waals surface area contributed by atoms with Gasteiger partial charge in [-0.3, -0.25) is 4.79 Å². The maximum absolute atomic E-state index is 11.3. The molecule has 0 radical (unpaired) electrons. The Balaban J connectivity index is 2.14. The van der Waals surface area contributed by atoms with Crippen molar-refractivity contribution in [3.05, 3.63) is 53.6 Å². The number of hydrogen-bond donors (Lipinski definition) is 2. The molecule has 0 aliphatic rings. The average Bonchev–Trinajstić information content (AvgIpc) is 2.43. The van der Waals surface area contributed by atoms with E-state index in [0.717, 1.165) is 5.75 Å². The highest BCUT2D eigenvalue weighted by Gasteiger charge is 2.03. The van der Waals surface area contributed by atoms with E-state index in [1.165, 1.54) is 11.1 Å². The van der Waals surface area contributed by atoms with Crippen molar-refractivity contribution in [2.24, 2.45) is 5.73 Å². The summed E-state index contributed by atoms with van der Waals surface area (Å²) < 4.78 is 5.79. The van der Waals surface area contributed by atoms with Crippen molar-refractivity contribution in [1.29, 1.82) is 0 Å². The van der Waals surface area contributed by atoms with Crippen LogP contribution in [0.3, 0.4) is 0 Å². The number of aryl methyl sites for hydroxylation is 2. The third kappa shape index (κ3) is 3.59. The van der Waals surface area contributed by atoms with Crippen LogP contribution in [0.25, 0.3) is 0 Å². The molecule has 0 atom stereocenters. The normalized spacial score (nSPS) is 10.2. The number of anilines is 1. The van der Waals surface area contributed by atoms with Crippen molar-refractivity contribution in [2.75, 3.05) is 11.9 Å². The summed E-state index contributed by atoms with van der Waals surface area (Å²) in [6.07, 6.45) is 0. The molecular formula is C16H18N2O2. The van der Waals surface area contributed by atoms with Crippen LogP contribution in [0, 0.1) is 13.8 Å². The summed E-state index contributed by atoms with van der Waals surface area (Å²) in [6.45, 7) is 4.06. The Morgan fingerprint density at radius 3 is 2.55 bits per heavy atom. The molecular weight excluding hydrogens is 252 g/mol. The smallest absolute Gasteiger partial charge is 0.238 e. The fourth-order valence-corrected chi connectivity index (χ4v) is 1.76. The number of benzene rings is 2. The van der Waals surface area contributed by atoms with E-state index in [1.807, 2.05) is 37.3 Å². The van der Waals surface area contributed by atoms with Crippen LogP contribution < -0.4 is 15.8 Å². The van der Waals surface area contributed by atoms with Gasteiger partial charge in [0.1, 0.15) is 11.5 Å². The summed E-state index contributed by atoms with van der Waals surface area (Å²) >= 11 is 0. The summed E-state index contributed by atoms with van der Waals surface area (Å²) in [7, 11) is 0. The van der Waals surface area contributed by atoms with E-state index < -0.39 is 0 Å². The van der Waals surface area contributed by atoms with E-state index in [9.17, 15) is 4.79 Å². The standard InChI is InChI=1S/C16H18N2O2/c1-11-6-7-15(8-12(11)2)20-14-5-3-4-13(9-14)18-16(19)10-17/h3-9H,10,17H2,1-2H3,(H,18,19). The van der Waals surface area contributed by atoms with Gasteiger partial charge in [-0.05, 0) is 49.2 Å². The second-order valence-electron chi connectivity index (χ2n) is 4.63. The molecule has 0 aliphatic heterocycles. The molecule has 0 saturated heterocycles. The van der Waals surface area contributed by atoms with E-state index >= 15 is 0 Å². The van der Waals surface area contributed by atoms with Crippen LogP contribution in [-0.2, 0) is 4.79 Å². The Labute approximate surface area is 118 Å². The molecule has 4 nitrogen and oxygen atoms in total. The van der Waals surface area contributed by atoms with Crippen molar-refractivity contribution >= 4 is 11.6 Å². The molecule has 0 bridgehead atoms. The molecule has 0 saturated carbocycles. The van der Waals surface area contributed by atoms with Crippen molar-refractivity contribution in [3.63, 3.8) is 0 Å². The predicted octanol–water partition coefficient (Wildman–Crippen LogP) is 2.99. The molecule has 1 amide bonds. The topological polar surface area (TPSA) is 64.3 Å². The van der Waals surface area contributed by atoms with Crippen molar-refractivity contribution in [3.8, 4) is 11.5 Å². The van der Waals surface area contributed by atoms with Gasteiger partial charge in [0.15, 0.2) is 0 Å². The number of ether oxygens (including phenoxy) is 1. The van der Waals surface area contributed by atoms with Crippen LogP contribution in [0.15, 0.2) is 42.5 Å². The first kappa shape index (κ1) is 14.1. The van der Waals surface area contributed by atoms with Crippen molar-refractivity contribution in [2.45, 2.75) is 13.8 Å². The van der Waals surface area contributed by atoms with Gasteiger partial charge in [-0.1, -0.05) is 12.1 Å². The summed E-state index contributed by atoms with van der Waals surface area (Å²) in [5.74, 6) is 1.21. The molecule has 0 fully saturated rings. The van der Waals surface area contributed by atoms with Crippen molar-refractivity contribution < 1.29 is 9.53 Å². The quantitative estimate of drug-likeness (QED) is 0.897. The number of amides is 1. The van der Waals surface area contributed by atoms with Gasteiger partial charge in [0.05, 0.1) is 6.54 Å². The Bertz CT molecular complexity index is 624. The SMILES string of the molecule is Cc1ccc(Oc2cccc(NC(=O)CN)c2)cc1C. The minimum atomic E-state index is -0.228. The first-order chi connectivity index (χ1) is 9.58. The van der Waals surface area contributed by atoms with Gasteiger partial charge < -0.3 is 15.8 Å². The molecule has 2 aromatic carbocycles. The molecule has 104 valence electrons. The highest BCUT2D eigenvalue weighted by Crippen LogP contribution is 2.25. The van der Waals surface area contributed by atoms with Gasteiger partial charge >= 0.3 is 0 Å². The van der Waals surface area contributed by atoms with E-state index in [-0.39, 0.29) is 12.5 Å². The lowest BCUT2D eigenvalue weighted by Crippen LogP contribution is -2.21. The van der Waals surface area contributed by atoms with E-state index in [2.05, 4.69) is 12.2 Å². The van der Waals surface area contributed by atoms with E-state index in [1.54, 1.807) is 12.1 Å². The third-order valence-corrected chi connectivity index (χ3v) is 3.02. The summed E-state index contributed by atoms with van der Waals surface area (Å²) in [5, 5.41) is 2.69. The average molecular weight is 270 g/mol. The molecule has 0 aliphatic carbocycles. The fourth-order valence-electron chi connectivity index (χ4n) is 1.76. The molecule has 0 unspecified atom stereocenters. The van der Waals surface area contributed by atoms with Crippen LogP contribution in [0.2, 0.25) is 0 Å². The molecule has 0 heterocycles. The molecule has 0 spiro atoms. The van der Waals surface area contributed by atoms with Gasteiger partial charge in [0.2, 0.25) is 5.91 Å². The molecule has 2 rings (SSSR count). The summed E-state index contributed by atoms with van der Waals surface area (Å²) in [5.41, 5.74) is 8.34. The first-order valence-electron chi connectivity index (χ1n) is 6.43. The van der Waals surface area contributed by atoms with E-state index in [4.69, 9.17) is 10.5 Å². The van der Waals surface area contributed by atoms with Gasteiger partial charge in [0.25, 0.3) is 0 Å². The fraction of sp³-hybridized carbons (Fsp3) is 0.188. The van der Waals surface area contributed by atoms with Gasteiger partial charge in [-0.25, -0.2) is 0 Å². The number of hydrogen-bond acceptors (Lipinski definition) is 3. The third-order valence-electron chi connectivity index (χ3n) is 3.02. The zero-order valence-electron chi connectivity index (χ0n) is 11.6. The zero-order chi connectivity index (χ0) is 14.5. The minimum absolute atomic E-state index is 0.0394. The maximum Gasteiger partial charge on any atom is 0.238 e. The second-order valence-corrected chi connectivity index (χ2v) is 4.63. The summed E-state index contributed by atoms with van der Waals surface area (Å²) in [4.78, 5) is 11.3. The largest absolute Gasteiger partial charge is 0.457 e. The van der Waals surface area contributed by atoms with Gasteiger partial charge in [-0.2, -0.15) is 0 Å². The number of carbonyl (C=O) groups is 1. The Hall–Kier alpha value is -2.33. The van der Waals surface area contributed by atoms with Crippen LogP contribution in [0.4, 0.5) is 5.69 Å². The van der Waals surface area contributed by atoms with Crippen LogP contribution in [0.1, 0.15) is 11.1 Å². The number of nitrogens with two attached hydrogens (primary N) is 1. The maximum atomic E-state index is 11.3. The molecule has 20 heavy (non-hydrogen) atoms. The lowest BCUT2D eigenvalue weighted by molar-refractivity contribution is -0.114. The monoisotopic (exact) mass is 270 g/mol. The zero-order valence-corrected chi connectivity index (χ0v) is 11.6. The highest BCUT2D eigenvalue weighted by molar-refractivity contribution is 5.92. The van der Waals surface area contributed by atoms with Gasteiger partial charge in [0, 0.05) is 11.8 Å². The Kier molecular flexibility index (Phi) is 4.38. The lowest BCUT2D eigenvalue weighted by atomic mass is 10.1. The lowest BCUT2D eigenvalue weighted by Gasteiger charge is -2.10.